The van der Waals surface area contributed by atoms with Crippen LogP contribution >= 0.6 is 15.9 Å². The fraction of sp³-hybridized carbons (Fsp3) is 0.214. The maximum atomic E-state index is 11.1. The number of halogens is 1. The Morgan fingerprint density at radius 3 is 2.71 bits per heavy atom. The molecule has 0 radical (unpaired) electrons. The summed E-state index contributed by atoms with van der Waals surface area (Å²) in [5, 5.41) is 17.1. The third kappa shape index (κ3) is 3.69. The second-order valence-electron chi connectivity index (χ2n) is 4.44. The van der Waals surface area contributed by atoms with Gasteiger partial charge in [0, 0.05) is 22.8 Å². The highest BCUT2D eigenvalue weighted by Crippen LogP contribution is 2.28. The van der Waals surface area contributed by atoms with E-state index >= 15 is 0 Å². The summed E-state index contributed by atoms with van der Waals surface area (Å²) in [5.74, 6) is 0.819. The zero-order valence-corrected chi connectivity index (χ0v) is 13.3. The van der Waals surface area contributed by atoms with Crippen molar-refractivity contribution in [3.05, 3.63) is 50.5 Å². The van der Waals surface area contributed by atoms with Crippen LogP contribution in [0.5, 0.6) is 0 Å². The largest absolute Gasteiger partial charge is 0.370 e. The molecule has 0 spiro atoms. The van der Waals surface area contributed by atoms with Crippen LogP contribution in [0.3, 0.4) is 0 Å². The van der Waals surface area contributed by atoms with Crippen molar-refractivity contribution in [2.75, 3.05) is 17.2 Å². The molecule has 0 unspecified atom stereocenters. The van der Waals surface area contributed by atoms with Gasteiger partial charge in [-0.15, -0.1) is 0 Å². The fourth-order valence-electron chi connectivity index (χ4n) is 1.83. The normalized spacial score (nSPS) is 10.2. The number of rotatable bonds is 5. The molecule has 7 heteroatoms. The molecule has 6 nitrogen and oxygen atoms in total. The number of aryl methyl sites for hydroxylation is 1. The predicted octanol–water partition coefficient (Wildman–Crippen LogP) is 4.24. The average Bonchev–Trinajstić information content (AvgIpc) is 2.43. The van der Waals surface area contributed by atoms with Crippen LogP contribution < -0.4 is 10.6 Å². The Morgan fingerprint density at radius 2 is 2.10 bits per heavy atom. The van der Waals surface area contributed by atoms with Gasteiger partial charge < -0.3 is 10.6 Å². The third-order valence-electron chi connectivity index (χ3n) is 2.85. The number of hydrogen-bond donors (Lipinski definition) is 2. The van der Waals surface area contributed by atoms with Crippen molar-refractivity contribution in [1.29, 1.82) is 0 Å². The van der Waals surface area contributed by atoms with Gasteiger partial charge in [0.25, 0.3) is 0 Å². The lowest BCUT2D eigenvalue weighted by Crippen LogP contribution is -2.04. The number of nitrogens with zero attached hydrogens (tertiary/aromatic N) is 2. The molecule has 0 aliphatic rings. The van der Waals surface area contributed by atoms with E-state index in [1.54, 1.807) is 6.07 Å². The van der Waals surface area contributed by atoms with Crippen molar-refractivity contribution in [1.82, 2.24) is 4.98 Å². The lowest BCUT2D eigenvalue weighted by molar-refractivity contribution is -0.384. The summed E-state index contributed by atoms with van der Waals surface area (Å²) in [6.45, 7) is 4.59. The smallest absolute Gasteiger partial charge is 0.311 e. The van der Waals surface area contributed by atoms with Gasteiger partial charge in [-0.1, -0.05) is 15.9 Å². The van der Waals surface area contributed by atoms with E-state index in [4.69, 9.17) is 0 Å². The van der Waals surface area contributed by atoms with Gasteiger partial charge in [0.2, 0.25) is 5.82 Å². The molecule has 0 aliphatic heterocycles. The average molecular weight is 351 g/mol. The van der Waals surface area contributed by atoms with Crippen LogP contribution in [0.4, 0.5) is 23.0 Å². The molecule has 1 aromatic carbocycles. The Kier molecular flexibility index (Phi) is 4.74. The van der Waals surface area contributed by atoms with E-state index in [9.17, 15) is 10.1 Å². The molecule has 0 saturated heterocycles. The van der Waals surface area contributed by atoms with E-state index in [0.717, 1.165) is 15.7 Å². The van der Waals surface area contributed by atoms with Crippen molar-refractivity contribution in [3.8, 4) is 0 Å². The van der Waals surface area contributed by atoms with E-state index in [1.807, 2.05) is 32.0 Å². The number of nitrogens with one attached hydrogen (secondary N) is 2. The predicted molar refractivity (Wildman–Crippen MR) is 87.2 cm³/mol. The topological polar surface area (TPSA) is 80.1 Å². The first-order valence-corrected chi connectivity index (χ1v) is 7.23. The number of anilines is 3. The summed E-state index contributed by atoms with van der Waals surface area (Å²) >= 11 is 3.42. The number of aromatic nitrogens is 1. The molecule has 0 bridgehead atoms. The molecular weight excluding hydrogens is 336 g/mol. The van der Waals surface area contributed by atoms with Crippen LogP contribution in [-0.2, 0) is 0 Å². The van der Waals surface area contributed by atoms with Crippen LogP contribution in [0, 0.1) is 17.0 Å². The monoisotopic (exact) mass is 350 g/mol. The molecule has 2 rings (SSSR count). The quantitative estimate of drug-likeness (QED) is 0.622. The molecular formula is C14H15BrN4O2. The fourth-order valence-corrected chi connectivity index (χ4v) is 2.08. The molecule has 1 aromatic heterocycles. The van der Waals surface area contributed by atoms with Crippen LogP contribution in [0.1, 0.15) is 12.5 Å². The Labute approximate surface area is 130 Å². The second-order valence-corrected chi connectivity index (χ2v) is 5.29. The highest BCUT2D eigenvalue weighted by molar-refractivity contribution is 9.10. The van der Waals surface area contributed by atoms with Gasteiger partial charge in [0.1, 0.15) is 5.82 Å². The highest BCUT2D eigenvalue weighted by atomic mass is 79.9. The maximum Gasteiger partial charge on any atom is 0.311 e. The Bertz CT molecular complexity index is 676. The van der Waals surface area contributed by atoms with Crippen molar-refractivity contribution in [2.24, 2.45) is 0 Å². The molecule has 2 N–H and O–H groups in total. The van der Waals surface area contributed by atoms with Gasteiger partial charge in [-0.25, -0.2) is 4.98 Å². The summed E-state index contributed by atoms with van der Waals surface area (Å²) in [7, 11) is 0. The summed E-state index contributed by atoms with van der Waals surface area (Å²) in [5.41, 5.74) is 1.72. The van der Waals surface area contributed by atoms with E-state index in [1.165, 1.54) is 6.07 Å². The van der Waals surface area contributed by atoms with Gasteiger partial charge in [-0.3, -0.25) is 10.1 Å². The minimum atomic E-state index is -0.448. The minimum Gasteiger partial charge on any atom is -0.370 e. The number of hydrogen-bond acceptors (Lipinski definition) is 5. The molecule has 2 aromatic rings. The van der Waals surface area contributed by atoms with Gasteiger partial charge >= 0.3 is 5.69 Å². The zero-order valence-electron chi connectivity index (χ0n) is 11.7. The second kappa shape index (κ2) is 6.53. The summed E-state index contributed by atoms with van der Waals surface area (Å²) in [6, 6.07) is 8.66. The Morgan fingerprint density at radius 1 is 1.33 bits per heavy atom. The summed E-state index contributed by atoms with van der Waals surface area (Å²) in [4.78, 5) is 14.9. The lowest BCUT2D eigenvalue weighted by atomic mass is 10.2. The summed E-state index contributed by atoms with van der Waals surface area (Å²) < 4.78 is 0.983. The first-order chi connectivity index (χ1) is 10.0. The SMILES string of the molecule is CCNc1ccc([N+](=O)[O-])c(Nc2ccc(Br)c(C)c2)n1. The number of nitro groups is 1. The zero-order chi connectivity index (χ0) is 15.4. The molecule has 0 aliphatic carbocycles. The van der Waals surface area contributed by atoms with Crippen LogP contribution in [0.15, 0.2) is 34.8 Å². The van der Waals surface area contributed by atoms with Crippen molar-refractivity contribution in [3.63, 3.8) is 0 Å². The minimum absolute atomic E-state index is 0.0581. The maximum absolute atomic E-state index is 11.1. The summed E-state index contributed by atoms with van der Waals surface area (Å²) in [6.07, 6.45) is 0. The van der Waals surface area contributed by atoms with Gasteiger partial charge in [0.15, 0.2) is 0 Å². The molecule has 110 valence electrons. The van der Waals surface area contributed by atoms with Crippen LogP contribution in [-0.4, -0.2) is 16.5 Å². The van der Waals surface area contributed by atoms with E-state index in [-0.39, 0.29) is 11.5 Å². The highest BCUT2D eigenvalue weighted by Gasteiger charge is 2.16. The third-order valence-corrected chi connectivity index (χ3v) is 3.74. The molecule has 0 amide bonds. The Balaban J connectivity index is 2.37. The number of benzene rings is 1. The molecule has 21 heavy (non-hydrogen) atoms. The molecule has 0 saturated carbocycles. The van der Waals surface area contributed by atoms with Gasteiger partial charge in [-0.2, -0.15) is 0 Å². The number of pyridine rings is 1. The van der Waals surface area contributed by atoms with Crippen LogP contribution in [0.25, 0.3) is 0 Å². The van der Waals surface area contributed by atoms with Crippen LogP contribution in [0.2, 0.25) is 0 Å². The van der Waals surface area contributed by atoms with E-state index in [0.29, 0.717) is 12.4 Å². The van der Waals surface area contributed by atoms with Gasteiger partial charge in [-0.05, 0) is 43.7 Å². The molecule has 0 fully saturated rings. The first kappa shape index (κ1) is 15.2. The van der Waals surface area contributed by atoms with Crippen molar-refractivity contribution >= 4 is 38.9 Å². The first-order valence-electron chi connectivity index (χ1n) is 6.43. The van der Waals surface area contributed by atoms with E-state index < -0.39 is 4.92 Å². The molecule has 0 atom stereocenters. The van der Waals surface area contributed by atoms with E-state index in [2.05, 4.69) is 31.5 Å². The molecule has 1 heterocycles. The van der Waals surface area contributed by atoms with Crippen molar-refractivity contribution < 1.29 is 4.92 Å². The lowest BCUT2D eigenvalue weighted by Gasteiger charge is -2.10. The van der Waals surface area contributed by atoms with Gasteiger partial charge in [0.05, 0.1) is 4.92 Å². The Hall–Kier alpha value is -2.15. The van der Waals surface area contributed by atoms with Crippen molar-refractivity contribution in [2.45, 2.75) is 13.8 Å². The standard InChI is InChI=1S/C14H15BrN4O2/c1-3-16-13-7-6-12(19(20)21)14(18-13)17-10-4-5-11(15)9(2)8-10/h4-8H,3H2,1-2H3,(H2,16,17,18).